The van der Waals surface area contributed by atoms with Crippen LogP contribution >= 0.6 is 24.8 Å². The Bertz CT molecular complexity index is 426. The zero-order valence-corrected chi connectivity index (χ0v) is 15.7. The highest BCUT2D eigenvalue weighted by Crippen LogP contribution is 2.25. The van der Waals surface area contributed by atoms with E-state index >= 15 is 0 Å². The van der Waals surface area contributed by atoms with E-state index in [0.29, 0.717) is 12.6 Å². The third-order valence-corrected chi connectivity index (χ3v) is 5.06. The Kier molecular flexibility index (Phi) is 8.77. The number of halogens is 2. The Morgan fingerprint density at radius 3 is 2.25 bits per heavy atom. The van der Waals surface area contributed by atoms with Crippen molar-refractivity contribution in [3.8, 4) is 0 Å². The van der Waals surface area contributed by atoms with Crippen LogP contribution < -0.4 is 11.1 Å². The number of hydrogen-bond acceptors (Lipinski definition) is 4. The predicted octanol–water partition coefficient (Wildman–Crippen LogP) is 0.770. The summed E-state index contributed by atoms with van der Waals surface area (Å²) in [5, 5.41) is 3.02. The number of hydrogen-bond donors (Lipinski definition) is 2. The Morgan fingerprint density at radius 1 is 1.00 bits per heavy atom. The Morgan fingerprint density at radius 2 is 1.67 bits per heavy atom. The maximum absolute atomic E-state index is 12.6. The highest BCUT2D eigenvalue weighted by Gasteiger charge is 2.31. The van der Waals surface area contributed by atoms with Crippen LogP contribution in [0.15, 0.2) is 0 Å². The molecule has 2 aliphatic carbocycles. The summed E-state index contributed by atoms with van der Waals surface area (Å²) in [6.45, 7) is 3.53. The minimum atomic E-state index is 0. The Hall–Kier alpha value is -0.560. The number of amides is 2. The van der Waals surface area contributed by atoms with Crippen LogP contribution in [0.25, 0.3) is 0 Å². The molecule has 6 nitrogen and oxygen atoms in total. The van der Waals surface area contributed by atoms with Gasteiger partial charge < -0.3 is 16.0 Å². The van der Waals surface area contributed by atoms with Crippen LogP contribution in [-0.2, 0) is 9.59 Å². The fraction of sp³-hybridized carbons (Fsp3) is 0.875. The molecule has 140 valence electrons. The lowest BCUT2D eigenvalue weighted by Gasteiger charge is -2.37. The minimum absolute atomic E-state index is 0. The first kappa shape index (κ1) is 21.5. The fourth-order valence-corrected chi connectivity index (χ4v) is 3.54. The molecular formula is C16H30Cl2N4O2. The van der Waals surface area contributed by atoms with Crippen molar-refractivity contribution in [3.05, 3.63) is 0 Å². The molecule has 24 heavy (non-hydrogen) atoms. The number of rotatable bonds is 4. The molecule has 3 aliphatic rings. The van der Waals surface area contributed by atoms with Gasteiger partial charge in [0.2, 0.25) is 11.8 Å². The third-order valence-electron chi connectivity index (χ3n) is 5.06. The lowest BCUT2D eigenvalue weighted by atomic mass is 9.85. The van der Waals surface area contributed by atoms with Gasteiger partial charge in [0.25, 0.3) is 0 Å². The van der Waals surface area contributed by atoms with Crippen LogP contribution in [-0.4, -0.2) is 66.4 Å². The van der Waals surface area contributed by atoms with Crippen LogP contribution in [0, 0.1) is 5.92 Å². The molecule has 1 aliphatic heterocycles. The zero-order valence-electron chi connectivity index (χ0n) is 14.1. The molecular weight excluding hydrogens is 351 g/mol. The maximum Gasteiger partial charge on any atom is 0.234 e. The first-order chi connectivity index (χ1) is 10.6. The van der Waals surface area contributed by atoms with E-state index in [1.54, 1.807) is 0 Å². The molecule has 3 rings (SSSR count). The highest BCUT2D eigenvalue weighted by atomic mass is 35.5. The average Bonchev–Trinajstić information content (AvgIpc) is 3.31. The summed E-state index contributed by atoms with van der Waals surface area (Å²) in [5.41, 5.74) is 5.99. The molecule has 2 saturated carbocycles. The van der Waals surface area contributed by atoms with Gasteiger partial charge in [0.1, 0.15) is 0 Å². The first-order valence-corrected chi connectivity index (χ1v) is 8.68. The average molecular weight is 381 g/mol. The second kappa shape index (κ2) is 9.80. The van der Waals surface area contributed by atoms with Crippen molar-refractivity contribution in [1.82, 2.24) is 15.1 Å². The molecule has 0 bridgehead atoms. The molecule has 8 heteroatoms. The predicted molar refractivity (Wildman–Crippen MR) is 98.6 cm³/mol. The van der Waals surface area contributed by atoms with Gasteiger partial charge in [-0.1, -0.05) is 6.42 Å². The molecule has 0 spiro atoms. The van der Waals surface area contributed by atoms with Crippen LogP contribution in [0.2, 0.25) is 0 Å². The van der Waals surface area contributed by atoms with E-state index < -0.39 is 0 Å². The van der Waals surface area contributed by atoms with E-state index in [1.807, 2.05) is 4.90 Å². The largest absolute Gasteiger partial charge is 0.352 e. The standard InChI is InChI=1S/C16H28N4O2.2ClH/c17-13-3-1-2-12(10-13)16(22)20-8-6-19(7-9-20)11-15(21)18-14-4-5-14;;/h12-14H,1-11,17H2,(H,18,21);2*1H. The molecule has 0 aromatic carbocycles. The molecule has 0 aromatic rings. The van der Waals surface area contributed by atoms with Crippen LogP contribution in [0.1, 0.15) is 38.5 Å². The number of carbonyl (C=O) groups is 2. The van der Waals surface area contributed by atoms with Gasteiger partial charge in [0.05, 0.1) is 6.54 Å². The van der Waals surface area contributed by atoms with Crippen molar-refractivity contribution in [2.75, 3.05) is 32.7 Å². The van der Waals surface area contributed by atoms with E-state index in [4.69, 9.17) is 5.73 Å². The molecule has 0 radical (unpaired) electrons. The summed E-state index contributed by atoms with van der Waals surface area (Å²) >= 11 is 0. The van der Waals surface area contributed by atoms with E-state index in [0.717, 1.165) is 64.7 Å². The highest BCUT2D eigenvalue weighted by molar-refractivity contribution is 5.85. The van der Waals surface area contributed by atoms with Gasteiger partial charge in [-0.05, 0) is 32.1 Å². The fourth-order valence-electron chi connectivity index (χ4n) is 3.54. The zero-order chi connectivity index (χ0) is 15.5. The second-order valence-corrected chi connectivity index (χ2v) is 7.07. The molecule has 0 aromatic heterocycles. The van der Waals surface area contributed by atoms with E-state index in [-0.39, 0.29) is 48.6 Å². The molecule has 2 unspecified atom stereocenters. The van der Waals surface area contributed by atoms with E-state index in [1.165, 1.54) is 0 Å². The first-order valence-electron chi connectivity index (χ1n) is 8.68. The molecule has 3 N–H and O–H groups in total. The van der Waals surface area contributed by atoms with Crippen molar-refractivity contribution in [2.24, 2.45) is 11.7 Å². The van der Waals surface area contributed by atoms with Crippen LogP contribution in [0.4, 0.5) is 0 Å². The molecule has 2 amide bonds. The van der Waals surface area contributed by atoms with Crippen LogP contribution in [0.3, 0.4) is 0 Å². The van der Waals surface area contributed by atoms with Crippen molar-refractivity contribution in [1.29, 1.82) is 0 Å². The molecule has 3 fully saturated rings. The van der Waals surface area contributed by atoms with Gasteiger partial charge in [0, 0.05) is 44.2 Å². The summed E-state index contributed by atoms with van der Waals surface area (Å²) in [5.74, 6) is 0.520. The molecule has 1 saturated heterocycles. The Labute approximate surface area is 156 Å². The number of carbonyl (C=O) groups excluding carboxylic acids is 2. The van der Waals surface area contributed by atoms with Crippen LogP contribution in [0.5, 0.6) is 0 Å². The molecule has 1 heterocycles. The van der Waals surface area contributed by atoms with E-state index in [9.17, 15) is 9.59 Å². The SMILES string of the molecule is Cl.Cl.NC1CCCC(C(=O)N2CCN(CC(=O)NC3CC3)CC2)C1. The van der Waals surface area contributed by atoms with Crippen molar-refractivity contribution < 1.29 is 9.59 Å². The van der Waals surface area contributed by atoms with E-state index in [2.05, 4.69) is 10.2 Å². The van der Waals surface area contributed by atoms with Gasteiger partial charge in [-0.25, -0.2) is 0 Å². The van der Waals surface area contributed by atoms with Crippen molar-refractivity contribution in [3.63, 3.8) is 0 Å². The van der Waals surface area contributed by atoms with Crippen molar-refractivity contribution in [2.45, 2.75) is 50.6 Å². The second-order valence-electron chi connectivity index (χ2n) is 7.07. The molecule has 2 atom stereocenters. The van der Waals surface area contributed by atoms with Gasteiger partial charge in [-0.3, -0.25) is 14.5 Å². The number of piperazine rings is 1. The normalized spacial score (nSPS) is 27.6. The third kappa shape index (κ3) is 6.06. The summed E-state index contributed by atoms with van der Waals surface area (Å²) in [7, 11) is 0. The summed E-state index contributed by atoms with van der Waals surface area (Å²) in [4.78, 5) is 28.5. The lowest BCUT2D eigenvalue weighted by molar-refractivity contribution is -0.138. The Balaban J connectivity index is 0.00000144. The van der Waals surface area contributed by atoms with Gasteiger partial charge in [-0.2, -0.15) is 0 Å². The number of nitrogens with two attached hydrogens (primary N) is 1. The van der Waals surface area contributed by atoms with Gasteiger partial charge >= 0.3 is 0 Å². The van der Waals surface area contributed by atoms with Crippen molar-refractivity contribution >= 4 is 36.6 Å². The van der Waals surface area contributed by atoms with Gasteiger partial charge in [-0.15, -0.1) is 24.8 Å². The summed E-state index contributed by atoms with van der Waals surface area (Å²) < 4.78 is 0. The minimum Gasteiger partial charge on any atom is -0.352 e. The summed E-state index contributed by atoms with van der Waals surface area (Å²) in [6.07, 6.45) is 6.18. The smallest absolute Gasteiger partial charge is 0.234 e. The number of nitrogens with one attached hydrogen (secondary N) is 1. The lowest BCUT2D eigenvalue weighted by Crippen LogP contribution is -2.53. The van der Waals surface area contributed by atoms with Gasteiger partial charge in [0.15, 0.2) is 0 Å². The topological polar surface area (TPSA) is 78.7 Å². The maximum atomic E-state index is 12.6. The quantitative estimate of drug-likeness (QED) is 0.754. The summed E-state index contributed by atoms with van der Waals surface area (Å²) in [6, 6.07) is 0.612. The number of nitrogens with zero attached hydrogens (tertiary/aromatic N) is 2. The monoisotopic (exact) mass is 380 g/mol.